The lowest BCUT2D eigenvalue weighted by atomic mass is 10.2. The summed E-state index contributed by atoms with van der Waals surface area (Å²) < 4.78 is 1.89. The Morgan fingerprint density at radius 1 is 1.10 bits per heavy atom. The van der Waals surface area contributed by atoms with E-state index in [4.69, 9.17) is 0 Å². The molecule has 0 spiro atoms. The van der Waals surface area contributed by atoms with Crippen LogP contribution in [0, 0.1) is 0 Å². The van der Waals surface area contributed by atoms with E-state index in [0.29, 0.717) is 6.54 Å². The van der Waals surface area contributed by atoms with Crippen LogP contribution in [-0.4, -0.2) is 59.4 Å². The van der Waals surface area contributed by atoms with Gasteiger partial charge in [0.25, 0.3) is 0 Å². The number of hydrogen-bond donors (Lipinski definition) is 0. The fourth-order valence-corrected chi connectivity index (χ4v) is 2.44. The zero-order chi connectivity index (χ0) is 15.0. The maximum Gasteiger partial charge on any atom is 0.193 e. The van der Waals surface area contributed by atoms with Crippen molar-refractivity contribution in [3.05, 3.63) is 24.0 Å². The number of aromatic nitrogens is 1. The van der Waals surface area contributed by atoms with E-state index in [-0.39, 0.29) is 5.78 Å². The molecule has 4 heteroatoms. The van der Waals surface area contributed by atoms with Crippen molar-refractivity contribution in [2.24, 2.45) is 7.05 Å². The van der Waals surface area contributed by atoms with Crippen LogP contribution < -0.4 is 0 Å². The zero-order valence-electron chi connectivity index (χ0n) is 13.4. The lowest BCUT2D eigenvalue weighted by Gasteiger charge is -2.22. The fraction of sp³-hybridized carbons (Fsp3) is 0.688. The van der Waals surface area contributed by atoms with Crippen LogP contribution in [-0.2, 0) is 7.05 Å². The lowest BCUT2D eigenvalue weighted by Crippen LogP contribution is -2.34. The maximum absolute atomic E-state index is 12.2. The number of Topliss-reactive ketones (excluding diaryl/α,β-unsaturated/α-hetero) is 1. The topological polar surface area (TPSA) is 28.5 Å². The van der Waals surface area contributed by atoms with E-state index in [0.717, 1.165) is 44.8 Å². The van der Waals surface area contributed by atoms with Gasteiger partial charge in [0, 0.05) is 13.2 Å². The smallest absolute Gasteiger partial charge is 0.193 e. The van der Waals surface area contributed by atoms with Crippen LogP contribution in [0.25, 0.3) is 0 Å². The van der Waals surface area contributed by atoms with Gasteiger partial charge in [-0.2, -0.15) is 0 Å². The predicted octanol–water partition coefficient (Wildman–Crippen LogP) is 2.26. The molecule has 4 nitrogen and oxygen atoms in total. The van der Waals surface area contributed by atoms with Crippen molar-refractivity contribution in [1.29, 1.82) is 0 Å². The number of ketones is 1. The monoisotopic (exact) mass is 279 g/mol. The van der Waals surface area contributed by atoms with Crippen LogP contribution in [0.15, 0.2) is 18.3 Å². The van der Waals surface area contributed by atoms with Gasteiger partial charge in [-0.25, -0.2) is 0 Å². The summed E-state index contributed by atoms with van der Waals surface area (Å²) in [5.74, 6) is 0.210. The van der Waals surface area contributed by atoms with Crippen molar-refractivity contribution in [2.45, 2.75) is 27.2 Å². The first-order chi connectivity index (χ1) is 9.62. The Labute approximate surface area is 123 Å². The number of carbonyl (C=O) groups is 1. The molecule has 114 valence electrons. The molecule has 1 aromatic heterocycles. The summed E-state index contributed by atoms with van der Waals surface area (Å²) >= 11 is 0. The molecular formula is C16H29N3O. The molecule has 0 fully saturated rings. The van der Waals surface area contributed by atoms with Crippen LogP contribution in [0.5, 0.6) is 0 Å². The van der Waals surface area contributed by atoms with E-state index >= 15 is 0 Å². The molecule has 0 unspecified atom stereocenters. The fourth-order valence-electron chi connectivity index (χ4n) is 2.44. The Hall–Kier alpha value is -1.13. The number of rotatable bonds is 10. The molecule has 0 aliphatic carbocycles. The molecule has 1 aromatic rings. The molecule has 1 heterocycles. The number of carbonyl (C=O) groups excluding carboxylic acids is 1. The third-order valence-corrected chi connectivity index (χ3v) is 3.89. The van der Waals surface area contributed by atoms with Gasteiger partial charge in [0.05, 0.1) is 12.2 Å². The lowest BCUT2D eigenvalue weighted by molar-refractivity contribution is 0.0922. The van der Waals surface area contributed by atoms with Gasteiger partial charge in [0.15, 0.2) is 5.78 Å². The Bertz CT molecular complexity index is 396. The summed E-state index contributed by atoms with van der Waals surface area (Å²) in [6, 6.07) is 3.82. The van der Waals surface area contributed by atoms with Gasteiger partial charge >= 0.3 is 0 Å². The average Bonchev–Trinajstić information content (AvgIpc) is 2.88. The highest BCUT2D eigenvalue weighted by Gasteiger charge is 2.13. The molecule has 1 rings (SSSR count). The largest absolute Gasteiger partial charge is 0.348 e. The van der Waals surface area contributed by atoms with Crippen LogP contribution in [0.4, 0.5) is 0 Å². The summed E-state index contributed by atoms with van der Waals surface area (Å²) in [6.45, 7) is 12.3. The SMILES string of the molecule is CCN(CC)CCCN(CC)CC(=O)c1cccn1C. The first kappa shape index (κ1) is 16.9. The van der Waals surface area contributed by atoms with Crippen molar-refractivity contribution >= 4 is 5.78 Å². The standard InChI is InChI=1S/C16H29N3O/c1-5-18(6-2)12-9-13-19(7-3)14-16(20)15-10-8-11-17(15)4/h8,10-11H,5-7,9,12-14H2,1-4H3. The zero-order valence-corrected chi connectivity index (χ0v) is 13.4. The third kappa shape index (κ3) is 5.10. The van der Waals surface area contributed by atoms with Crippen molar-refractivity contribution in [2.75, 3.05) is 39.3 Å². The van der Waals surface area contributed by atoms with Crippen LogP contribution in [0.2, 0.25) is 0 Å². The van der Waals surface area contributed by atoms with Crippen molar-refractivity contribution in [3.63, 3.8) is 0 Å². The van der Waals surface area contributed by atoms with Crippen molar-refractivity contribution in [3.8, 4) is 0 Å². The summed E-state index contributed by atoms with van der Waals surface area (Å²) in [6.07, 6.45) is 3.04. The molecule has 0 amide bonds. The van der Waals surface area contributed by atoms with Gasteiger partial charge < -0.3 is 9.47 Å². The second kappa shape index (κ2) is 8.93. The summed E-state index contributed by atoms with van der Waals surface area (Å²) in [5.41, 5.74) is 0.798. The highest BCUT2D eigenvalue weighted by Crippen LogP contribution is 2.04. The molecule has 0 bridgehead atoms. The van der Waals surface area contributed by atoms with Gasteiger partial charge in [0.1, 0.15) is 0 Å². The second-order valence-electron chi connectivity index (χ2n) is 5.18. The molecule has 0 aromatic carbocycles. The number of likely N-dealkylation sites (N-methyl/N-ethyl adjacent to an activating group) is 1. The molecule has 0 saturated carbocycles. The van der Waals surface area contributed by atoms with Gasteiger partial charge in [-0.05, 0) is 51.3 Å². The van der Waals surface area contributed by atoms with E-state index in [9.17, 15) is 4.79 Å². The molecule has 0 radical (unpaired) electrons. The molecule has 0 saturated heterocycles. The minimum Gasteiger partial charge on any atom is -0.348 e. The first-order valence-corrected chi connectivity index (χ1v) is 7.71. The number of nitrogens with zero attached hydrogens (tertiary/aromatic N) is 3. The maximum atomic E-state index is 12.2. The molecule has 20 heavy (non-hydrogen) atoms. The van der Waals surface area contributed by atoms with E-state index < -0.39 is 0 Å². The quantitative estimate of drug-likeness (QED) is 0.615. The minimum atomic E-state index is 0.210. The van der Waals surface area contributed by atoms with E-state index in [1.54, 1.807) is 0 Å². The molecule has 0 atom stereocenters. The van der Waals surface area contributed by atoms with E-state index in [2.05, 4.69) is 30.6 Å². The van der Waals surface area contributed by atoms with E-state index in [1.165, 1.54) is 0 Å². The second-order valence-corrected chi connectivity index (χ2v) is 5.18. The van der Waals surface area contributed by atoms with Gasteiger partial charge in [-0.15, -0.1) is 0 Å². The summed E-state index contributed by atoms with van der Waals surface area (Å²) in [4.78, 5) is 16.9. The van der Waals surface area contributed by atoms with Gasteiger partial charge in [0.2, 0.25) is 0 Å². The molecular weight excluding hydrogens is 250 g/mol. The molecule has 0 aliphatic rings. The summed E-state index contributed by atoms with van der Waals surface area (Å²) in [5, 5.41) is 0. The van der Waals surface area contributed by atoms with Crippen LogP contribution in [0.1, 0.15) is 37.7 Å². The van der Waals surface area contributed by atoms with Gasteiger partial charge in [-0.3, -0.25) is 9.69 Å². The van der Waals surface area contributed by atoms with Crippen LogP contribution in [0.3, 0.4) is 0 Å². The molecule has 0 aliphatic heterocycles. The first-order valence-electron chi connectivity index (χ1n) is 7.71. The van der Waals surface area contributed by atoms with Gasteiger partial charge in [-0.1, -0.05) is 20.8 Å². The predicted molar refractivity (Wildman–Crippen MR) is 84.3 cm³/mol. The Morgan fingerprint density at radius 2 is 1.70 bits per heavy atom. The van der Waals surface area contributed by atoms with Crippen molar-refractivity contribution < 1.29 is 4.79 Å². The highest BCUT2D eigenvalue weighted by molar-refractivity contribution is 5.96. The normalized spacial score (nSPS) is 11.5. The van der Waals surface area contributed by atoms with Crippen LogP contribution >= 0.6 is 0 Å². The number of hydrogen-bond acceptors (Lipinski definition) is 3. The average molecular weight is 279 g/mol. The number of aryl methyl sites for hydroxylation is 1. The van der Waals surface area contributed by atoms with Crippen molar-refractivity contribution in [1.82, 2.24) is 14.4 Å². The third-order valence-electron chi connectivity index (χ3n) is 3.89. The molecule has 0 N–H and O–H groups in total. The summed E-state index contributed by atoms with van der Waals surface area (Å²) in [7, 11) is 1.92. The minimum absolute atomic E-state index is 0.210. The highest BCUT2D eigenvalue weighted by atomic mass is 16.1. The Balaban J connectivity index is 2.39. The Morgan fingerprint density at radius 3 is 2.20 bits per heavy atom. The van der Waals surface area contributed by atoms with E-state index in [1.807, 2.05) is 29.9 Å². The Kier molecular flexibility index (Phi) is 7.55.